The van der Waals surface area contributed by atoms with Gasteiger partial charge in [0, 0.05) is 6.04 Å². The van der Waals surface area contributed by atoms with Crippen molar-refractivity contribution in [3.05, 3.63) is 35.9 Å². The maximum Gasteiger partial charge on any atom is 0.407 e. The lowest BCUT2D eigenvalue weighted by atomic mass is 9.98. The average molecular weight is 320 g/mol. The van der Waals surface area contributed by atoms with E-state index in [0.29, 0.717) is 5.92 Å². The molecular weight excluding hydrogens is 288 g/mol. The Morgan fingerprint density at radius 1 is 1.09 bits per heavy atom. The number of alkyl carbamates (subject to hydrolysis) is 1. The van der Waals surface area contributed by atoms with Gasteiger partial charge in [-0.3, -0.25) is 0 Å². The van der Waals surface area contributed by atoms with Crippen LogP contribution < -0.4 is 10.6 Å². The Hall–Kier alpha value is -1.55. The highest BCUT2D eigenvalue weighted by atomic mass is 16.6. The third-order valence-electron chi connectivity index (χ3n) is 3.64. The molecular formula is C19H32N2O2. The third kappa shape index (κ3) is 9.24. The summed E-state index contributed by atoms with van der Waals surface area (Å²) in [7, 11) is 0. The fourth-order valence-corrected chi connectivity index (χ4v) is 2.29. The van der Waals surface area contributed by atoms with Crippen LogP contribution in [0, 0.1) is 0 Å². The second-order valence-electron chi connectivity index (χ2n) is 7.19. The molecule has 0 radical (unpaired) electrons. The van der Waals surface area contributed by atoms with Crippen LogP contribution in [-0.4, -0.2) is 30.8 Å². The average Bonchev–Trinajstić information content (AvgIpc) is 2.45. The minimum atomic E-state index is -0.449. The molecule has 1 aromatic rings. The zero-order valence-electron chi connectivity index (χ0n) is 15.2. The monoisotopic (exact) mass is 320 g/mol. The Morgan fingerprint density at radius 3 is 2.30 bits per heavy atom. The minimum absolute atomic E-state index is 0.101. The van der Waals surface area contributed by atoms with Crippen molar-refractivity contribution in [3.63, 3.8) is 0 Å². The number of carbonyl (C=O) groups is 1. The molecule has 0 saturated heterocycles. The first kappa shape index (κ1) is 19.5. The number of hydrogen-bond acceptors (Lipinski definition) is 3. The topological polar surface area (TPSA) is 50.4 Å². The van der Waals surface area contributed by atoms with Crippen molar-refractivity contribution in [2.45, 2.75) is 65.0 Å². The van der Waals surface area contributed by atoms with Gasteiger partial charge in [0.1, 0.15) is 5.60 Å². The summed E-state index contributed by atoms with van der Waals surface area (Å²) in [6.07, 6.45) is 1.65. The van der Waals surface area contributed by atoms with Crippen molar-refractivity contribution in [2.75, 3.05) is 13.1 Å². The van der Waals surface area contributed by atoms with Crippen LogP contribution in [-0.2, 0) is 4.74 Å². The first-order valence-corrected chi connectivity index (χ1v) is 8.53. The quantitative estimate of drug-likeness (QED) is 0.710. The van der Waals surface area contributed by atoms with Crippen LogP contribution in [0.1, 0.15) is 58.9 Å². The molecule has 0 aliphatic carbocycles. The maximum atomic E-state index is 11.7. The Labute approximate surface area is 141 Å². The van der Waals surface area contributed by atoms with E-state index in [0.717, 1.165) is 25.9 Å². The van der Waals surface area contributed by atoms with E-state index in [1.807, 2.05) is 33.8 Å². The van der Waals surface area contributed by atoms with E-state index in [9.17, 15) is 4.79 Å². The van der Waals surface area contributed by atoms with Gasteiger partial charge < -0.3 is 15.4 Å². The largest absolute Gasteiger partial charge is 0.444 e. The highest BCUT2D eigenvalue weighted by molar-refractivity contribution is 5.67. The molecule has 130 valence electrons. The SMILES string of the molecule is CC(CCNCCC(C)c1ccccc1)NC(=O)OC(C)(C)C. The lowest BCUT2D eigenvalue weighted by molar-refractivity contribution is 0.0506. The van der Waals surface area contributed by atoms with Crippen molar-refractivity contribution in [1.82, 2.24) is 10.6 Å². The first-order valence-electron chi connectivity index (χ1n) is 8.53. The van der Waals surface area contributed by atoms with Crippen molar-refractivity contribution in [2.24, 2.45) is 0 Å². The van der Waals surface area contributed by atoms with Gasteiger partial charge in [-0.2, -0.15) is 0 Å². The summed E-state index contributed by atoms with van der Waals surface area (Å²) in [5.74, 6) is 0.556. The number of ether oxygens (including phenoxy) is 1. The van der Waals surface area contributed by atoms with Gasteiger partial charge in [0.15, 0.2) is 0 Å². The van der Waals surface area contributed by atoms with Crippen LogP contribution in [0.15, 0.2) is 30.3 Å². The van der Waals surface area contributed by atoms with Crippen LogP contribution in [0.25, 0.3) is 0 Å². The molecule has 4 nitrogen and oxygen atoms in total. The summed E-state index contributed by atoms with van der Waals surface area (Å²) in [6, 6.07) is 10.7. The fourth-order valence-electron chi connectivity index (χ4n) is 2.29. The molecule has 0 fully saturated rings. The number of hydrogen-bond donors (Lipinski definition) is 2. The normalized spacial score (nSPS) is 14.1. The van der Waals surface area contributed by atoms with E-state index < -0.39 is 5.60 Å². The molecule has 0 bridgehead atoms. The molecule has 2 atom stereocenters. The number of nitrogens with one attached hydrogen (secondary N) is 2. The summed E-state index contributed by atoms with van der Waals surface area (Å²) in [5, 5.41) is 6.31. The van der Waals surface area contributed by atoms with Gasteiger partial charge in [0.2, 0.25) is 0 Å². The first-order chi connectivity index (χ1) is 10.8. The van der Waals surface area contributed by atoms with Crippen molar-refractivity contribution in [1.29, 1.82) is 0 Å². The maximum absolute atomic E-state index is 11.7. The van der Waals surface area contributed by atoms with Crippen LogP contribution in [0.5, 0.6) is 0 Å². The summed E-state index contributed by atoms with van der Waals surface area (Å²) >= 11 is 0. The molecule has 0 saturated carbocycles. The fraction of sp³-hybridized carbons (Fsp3) is 0.632. The van der Waals surface area contributed by atoms with Gasteiger partial charge >= 0.3 is 6.09 Å². The van der Waals surface area contributed by atoms with E-state index in [1.54, 1.807) is 0 Å². The third-order valence-corrected chi connectivity index (χ3v) is 3.64. The van der Waals surface area contributed by atoms with Gasteiger partial charge in [-0.05, 0) is 65.1 Å². The highest BCUT2D eigenvalue weighted by Gasteiger charge is 2.17. The Bertz CT molecular complexity index is 454. The molecule has 0 aliphatic rings. The molecule has 23 heavy (non-hydrogen) atoms. The molecule has 1 aromatic carbocycles. The zero-order valence-corrected chi connectivity index (χ0v) is 15.2. The Balaban J connectivity index is 2.11. The number of rotatable bonds is 8. The molecule has 4 heteroatoms. The summed E-state index contributed by atoms with van der Waals surface area (Å²) in [6.45, 7) is 11.7. The number of benzene rings is 1. The number of amides is 1. The summed E-state index contributed by atoms with van der Waals surface area (Å²) < 4.78 is 5.25. The van der Waals surface area contributed by atoms with Gasteiger partial charge in [0.25, 0.3) is 0 Å². The molecule has 0 aliphatic heterocycles. The molecule has 1 amide bonds. The van der Waals surface area contributed by atoms with E-state index in [4.69, 9.17) is 4.74 Å². The van der Waals surface area contributed by atoms with Crippen molar-refractivity contribution >= 4 is 6.09 Å². The molecule has 1 rings (SSSR count). The standard InChI is InChI=1S/C19H32N2O2/c1-15(17-9-7-6-8-10-17)11-13-20-14-12-16(2)21-18(22)23-19(3,4)5/h6-10,15-16,20H,11-14H2,1-5H3,(H,21,22). The van der Waals surface area contributed by atoms with Crippen LogP contribution in [0.3, 0.4) is 0 Å². The molecule has 2 N–H and O–H groups in total. The molecule has 0 heterocycles. The van der Waals surface area contributed by atoms with E-state index >= 15 is 0 Å². The van der Waals surface area contributed by atoms with E-state index in [2.05, 4.69) is 41.8 Å². The summed E-state index contributed by atoms with van der Waals surface area (Å²) in [4.78, 5) is 11.7. The van der Waals surface area contributed by atoms with Gasteiger partial charge in [-0.1, -0.05) is 37.3 Å². The Kier molecular flexibility index (Phi) is 8.10. The van der Waals surface area contributed by atoms with Gasteiger partial charge in [-0.15, -0.1) is 0 Å². The highest BCUT2D eigenvalue weighted by Crippen LogP contribution is 2.17. The second kappa shape index (κ2) is 9.56. The molecule has 0 spiro atoms. The molecule has 2 unspecified atom stereocenters. The number of carbonyl (C=O) groups excluding carboxylic acids is 1. The smallest absolute Gasteiger partial charge is 0.407 e. The minimum Gasteiger partial charge on any atom is -0.444 e. The molecule has 0 aromatic heterocycles. The Morgan fingerprint density at radius 2 is 1.70 bits per heavy atom. The van der Waals surface area contributed by atoms with E-state index in [1.165, 1.54) is 5.56 Å². The van der Waals surface area contributed by atoms with Crippen LogP contribution in [0.4, 0.5) is 4.79 Å². The summed E-state index contributed by atoms with van der Waals surface area (Å²) in [5.41, 5.74) is 0.935. The van der Waals surface area contributed by atoms with Gasteiger partial charge in [0.05, 0.1) is 0 Å². The predicted octanol–water partition coefficient (Wildman–Crippen LogP) is 4.07. The van der Waals surface area contributed by atoms with Gasteiger partial charge in [-0.25, -0.2) is 4.79 Å². The second-order valence-corrected chi connectivity index (χ2v) is 7.19. The van der Waals surface area contributed by atoms with Crippen molar-refractivity contribution in [3.8, 4) is 0 Å². The van der Waals surface area contributed by atoms with E-state index in [-0.39, 0.29) is 12.1 Å². The zero-order chi connectivity index (χ0) is 17.3. The predicted molar refractivity (Wildman–Crippen MR) is 95.8 cm³/mol. The lowest BCUT2D eigenvalue weighted by Gasteiger charge is -2.22. The van der Waals surface area contributed by atoms with Crippen LogP contribution in [0.2, 0.25) is 0 Å². The van der Waals surface area contributed by atoms with Crippen LogP contribution >= 0.6 is 0 Å². The lowest BCUT2D eigenvalue weighted by Crippen LogP contribution is -2.39. The van der Waals surface area contributed by atoms with Crippen molar-refractivity contribution < 1.29 is 9.53 Å².